The smallest absolute Gasteiger partial charge is 0.307 e. The zero-order valence-electron chi connectivity index (χ0n) is 18.3. The zero-order valence-corrected chi connectivity index (χ0v) is 18.3. The van der Waals surface area contributed by atoms with Crippen molar-refractivity contribution >= 4 is 29.8 Å². The highest BCUT2D eigenvalue weighted by molar-refractivity contribution is 5.86. The summed E-state index contributed by atoms with van der Waals surface area (Å²) in [5.41, 5.74) is 2.68. The van der Waals surface area contributed by atoms with Gasteiger partial charge in [0.1, 0.15) is 0 Å². The fourth-order valence-electron chi connectivity index (χ4n) is 4.72. The second kappa shape index (κ2) is 12.5. The van der Waals surface area contributed by atoms with Crippen molar-refractivity contribution in [3.05, 3.63) is 0 Å². The largest absolute Gasteiger partial charge is 0.481 e. The van der Waals surface area contributed by atoms with E-state index in [1.807, 2.05) is 0 Å². The van der Waals surface area contributed by atoms with Crippen LogP contribution in [0.5, 0.6) is 0 Å². The van der Waals surface area contributed by atoms with Crippen LogP contribution in [-0.4, -0.2) is 69.9 Å². The first kappa shape index (κ1) is 26.5. The van der Waals surface area contributed by atoms with Crippen LogP contribution in [0.25, 0.3) is 0 Å². The average molecular weight is 472 g/mol. The Labute approximate surface area is 190 Å². The molecule has 0 heterocycles. The van der Waals surface area contributed by atoms with Gasteiger partial charge in [-0.15, -0.1) is 0 Å². The molecule has 2 aliphatic rings. The Morgan fingerprint density at radius 3 is 1.85 bits per heavy atom. The topological polar surface area (TPSA) is 200 Å². The first-order valence-corrected chi connectivity index (χ1v) is 11.1. The lowest BCUT2D eigenvalue weighted by Crippen LogP contribution is -2.43. The fraction of sp³-hybridized carbons (Fsp3) is 0.762. The Hall–Kier alpha value is -2.73. The van der Waals surface area contributed by atoms with Crippen LogP contribution in [0, 0.1) is 35.5 Å². The molecule has 0 radical (unpaired) electrons. The number of amides is 1. The number of carboxylic acids is 4. The van der Waals surface area contributed by atoms with Crippen molar-refractivity contribution in [3.8, 4) is 0 Å². The van der Waals surface area contributed by atoms with Gasteiger partial charge in [-0.1, -0.05) is 0 Å². The standard InChI is InChI=1S/C21H32N2O10/c24-17(16-9-12(19(27)28)3-5-15(16)21(31)32)22-6-1-7-23-33-10-13-8-11(18(25)26)2-4-14(13)20(29)30/h11-16,23H,1-10H2,(H,22,24)(H,25,26)(H,27,28)(H,29,30)(H,31,32). The Morgan fingerprint density at radius 1 is 0.697 bits per heavy atom. The van der Waals surface area contributed by atoms with E-state index in [0.29, 0.717) is 19.4 Å². The first-order valence-electron chi connectivity index (χ1n) is 11.1. The van der Waals surface area contributed by atoms with Gasteiger partial charge in [-0.05, 0) is 50.9 Å². The molecule has 0 saturated heterocycles. The highest BCUT2D eigenvalue weighted by Crippen LogP contribution is 2.35. The van der Waals surface area contributed by atoms with Crippen molar-refractivity contribution in [2.45, 2.75) is 44.9 Å². The average Bonchev–Trinajstić information content (AvgIpc) is 2.77. The van der Waals surface area contributed by atoms with Gasteiger partial charge in [-0.25, -0.2) is 5.48 Å². The van der Waals surface area contributed by atoms with Gasteiger partial charge in [0, 0.05) is 13.1 Å². The lowest BCUT2D eigenvalue weighted by molar-refractivity contribution is -0.154. The van der Waals surface area contributed by atoms with E-state index in [-0.39, 0.29) is 45.3 Å². The highest BCUT2D eigenvalue weighted by Gasteiger charge is 2.41. The van der Waals surface area contributed by atoms with Crippen molar-refractivity contribution in [2.75, 3.05) is 19.7 Å². The molecule has 12 nitrogen and oxygen atoms in total. The summed E-state index contributed by atoms with van der Waals surface area (Å²) in [6, 6.07) is 0. The quantitative estimate of drug-likeness (QED) is 0.170. The van der Waals surface area contributed by atoms with E-state index in [1.54, 1.807) is 0 Å². The van der Waals surface area contributed by atoms with Crippen molar-refractivity contribution in [1.29, 1.82) is 0 Å². The molecule has 33 heavy (non-hydrogen) atoms. The van der Waals surface area contributed by atoms with Gasteiger partial charge in [-0.3, -0.25) is 24.0 Å². The van der Waals surface area contributed by atoms with E-state index in [2.05, 4.69) is 10.8 Å². The molecule has 1 amide bonds. The minimum atomic E-state index is -1.11. The molecule has 6 N–H and O–H groups in total. The molecule has 0 aliphatic heterocycles. The predicted octanol–water partition coefficient (Wildman–Crippen LogP) is 0.417. The summed E-state index contributed by atoms with van der Waals surface area (Å²) < 4.78 is 0. The van der Waals surface area contributed by atoms with E-state index in [0.717, 1.165) is 0 Å². The molecule has 0 aromatic carbocycles. The highest BCUT2D eigenvalue weighted by atomic mass is 16.6. The Morgan fingerprint density at radius 2 is 1.27 bits per heavy atom. The van der Waals surface area contributed by atoms with Crippen LogP contribution in [0.15, 0.2) is 0 Å². The molecule has 2 rings (SSSR count). The number of hydrogen-bond donors (Lipinski definition) is 6. The molecular weight excluding hydrogens is 440 g/mol. The second-order valence-corrected chi connectivity index (χ2v) is 8.80. The number of carboxylic acid groups (broad SMARTS) is 4. The van der Waals surface area contributed by atoms with Crippen LogP contribution in [0.4, 0.5) is 0 Å². The molecule has 2 aliphatic carbocycles. The van der Waals surface area contributed by atoms with E-state index in [1.165, 1.54) is 0 Å². The molecule has 6 atom stereocenters. The maximum atomic E-state index is 12.4. The molecule has 2 fully saturated rings. The minimum absolute atomic E-state index is 0.0109. The lowest BCUT2D eigenvalue weighted by Gasteiger charge is -2.31. The van der Waals surface area contributed by atoms with E-state index in [9.17, 15) is 44.4 Å². The molecule has 6 unspecified atom stereocenters. The SMILES string of the molecule is O=C(O)C1CCC(C(=O)O)C(CONCCCNC(=O)C2CC(C(=O)O)CCC2C(=O)O)C1. The molecule has 0 bridgehead atoms. The van der Waals surface area contributed by atoms with Crippen LogP contribution in [0.1, 0.15) is 44.9 Å². The number of carbonyl (C=O) groups is 5. The van der Waals surface area contributed by atoms with E-state index < -0.39 is 65.3 Å². The van der Waals surface area contributed by atoms with Crippen LogP contribution >= 0.6 is 0 Å². The number of rotatable bonds is 12. The summed E-state index contributed by atoms with van der Waals surface area (Å²) in [5, 5.41) is 39.7. The van der Waals surface area contributed by atoms with Crippen molar-refractivity contribution < 1.29 is 49.2 Å². The summed E-state index contributed by atoms with van der Waals surface area (Å²) in [4.78, 5) is 63.0. The number of nitrogens with one attached hydrogen (secondary N) is 2. The van der Waals surface area contributed by atoms with Crippen LogP contribution in [0.2, 0.25) is 0 Å². The minimum Gasteiger partial charge on any atom is -0.481 e. The fourth-order valence-corrected chi connectivity index (χ4v) is 4.72. The number of hydroxylamine groups is 1. The van der Waals surface area contributed by atoms with Gasteiger partial charge in [0.05, 0.1) is 36.2 Å². The third-order valence-corrected chi connectivity index (χ3v) is 6.66. The van der Waals surface area contributed by atoms with Crippen molar-refractivity contribution in [2.24, 2.45) is 35.5 Å². The first-order chi connectivity index (χ1) is 15.6. The molecule has 0 spiro atoms. The molecule has 12 heteroatoms. The monoisotopic (exact) mass is 472 g/mol. The van der Waals surface area contributed by atoms with Crippen LogP contribution in [0.3, 0.4) is 0 Å². The van der Waals surface area contributed by atoms with Crippen LogP contribution in [-0.2, 0) is 28.8 Å². The third kappa shape index (κ3) is 7.67. The maximum Gasteiger partial charge on any atom is 0.307 e. The second-order valence-electron chi connectivity index (χ2n) is 8.80. The summed E-state index contributed by atoms with van der Waals surface area (Å²) in [7, 11) is 0. The number of aliphatic carboxylic acids is 4. The summed E-state index contributed by atoms with van der Waals surface area (Å²) in [5.74, 6) is -8.75. The maximum absolute atomic E-state index is 12.4. The third-order valence-electron chi connectivity index (χ3n) is 6.66. The van der Waals surface area contributed by atoms with Crippen LogP contribution < -0.4 is 10.8 Å². The van der Waals surface area contributed by atoms with Crippen molar-refractivity contribution in [3.63, 3.8) is 0 Å². The van der Waals surface area contributed by atoms with E-state index >= 15 is 0 Å². The van der Waals surface area contributed by atoms with Gasteiger partial charge in [0.2, 0.25) is 5.91 Å². The normalized spacial score (nSPS) is 29.7. The Kier molecular flexibility index (Phi) is 10.0. The van der Waals surface area contributed by atoms with Gasteiger partial charge in [0.15, 0.2) is 0 Å². The lowest BCUT2D eigenvalue weighted by atomic mass is 9.73. The Bertz CT molecular complexity index is 743. The zero-order chi connectivity index (χ0) is 24.5. The van der Waals surface area contributed by atoms with Gasteiger partial charge >= 0.3 is 23.9 Å². The molecule has 0 aromatic rings. The molecule has 2 saturated carbocycles. The van der Waals surface area contributed by atoms with Crippen molar-refractivity contribution in [1.82, 2.24) is 10.8 Å². The predicted molar refractivity (Wildman–Crippen MR) is 111 cm³/mol. The summed E-state index contributed by atoms with van der Waals surface area (Å²) in [6.07, 6.45) is 1.63. The Balaban J connectivity index is 1.70. The van der Waals surface area contributed by atoms with Gasteiger partial charge < -0.3 is 30.6 Å². The molecule has 186 valence electrons. The molecule has 0 aromatic heterocycles. The van der Waals surface area contributed by atoms with Gasteiger partial charge in [-0.2, -0.15) is 0 Å². The summed E-state index contributed by atoms with van der Waals surface area (Å²) >= 11 is 0. The molecular formula is C21H32N2O10. The van der Waals surface area contributed by atoms with Gasteiger partial charge in [0.25, 0.3) is 0 Å². The van der Waals surface area contributed by atoms with E-state index in [4.69, 9.17) is 4.84 Å². The number of carbonyl (C=O) groups excluding carboxylic acids is 1. The summed E-state index contributed by atoms with van der Waals surface area (Å²) in [6.45, 7) is 0.585. The number of hydrogen-bond acceptors (Lipinski definition) is 7.